The molecule has 1 aromatic rings. The molecule has 1 fully saturated rings. The Morgan fingerprint density at radius 2 is 2.24 bits per heavy atom. The van der Waals surface area contributed by atoms with E-state index in [4.69, 9.17) is 5.73 Å². The van der Waals surface area contributed by atoms with E-state index in [1.807, 2.05) is 0 Å². The van der Waals surface area contributed by atoms with Crippen molar-refractivity contribution in [3.63, 3.8) is 0 Å². The quantitative estimate of drug-likeness (QED) is 0.825. The van der Waals surface area contributed by atoms with Gasteiger partial charge in [-0.2, -0.15) is 0 Å². The van der Waals surface area contributed by atoms with Gasteiger partial charge in [-0.15, -0.1) is 0 Å². The molecule has 92 valence electrons. The maximum Gasteiger partial charge on any atom is 0.260 e. The van der Waals surface area contributed by atoms with Crippen molar-refractivity contribution in [2.45, 2.75) is 18.9 Å². The zero-order valence-electron chi connectivity index (χ0n) is 9.40. The first-order valence-electron chi connectivity index (χ1n) is 5.63. The molecule has 1 aromatic carbocycles. The second kappa shape index (κ2) is 4.71. The van der Waals surface area contributed by atoms with Crippen molar-refractivity contribution >= 4 is 5.91 Å². The van der Waals surface area contributed by atoms with Crippen LogP contribution in [0.1, 0.15) is 23.2 Å². The smallest absolute Gasteiger partial charge is 0.260 e. The predicted molar refractivity (Wildman–Crippen MR) is 61.2 cm³/mol. The Morgan fingerprint density at radius 1 is 1.53 bits per heavy atom. The third-order valence-electron chi connectivity index (χ3n) is 2.82. The monoisotopic (exact) mass is 238 g/mol. The van der Waals surface area contributed by atoms with Gasteiger partial charge in [0.1, 0.15) is 17.1 Å². The Hall–Kier alpha value is -1.62. The molecule has 1 amide bonds. The second-order valence-corrected chi connectivity index (χ2v) is 4.15. The lowest BCUT2D eigenvalue weighted by atomic mass is 10.1. The normalized spacial score (nSPS) is 14.7. The molecule has 0 unspecified atom stereocenters. The molecule has 3 N–H and O–H groups in total. The van der Waals surface area contributed by atoms with Crippen LogP contribution in [0.15, 0.2) is 18.2 Å². The number of aromatic hydroxyl groups is 1. The van der Waals surface area contributed by atoms with Crippen molar-refractivity contribution in [1.82, 2.24) is 4.90 Å². The van der Waals surface area contributed by atoms with Gasteiger partial charge >= 0.3 is 0 Å². The summed E-state index contributed by atoms with van der Waals surface area (Å²) >= 11 is 0. The molecule has 4 nitrogen and oxygen atoms in total. The van der Waals surface area contributed by atoms with Crippen molar-refractivity contribution in [2.75, 3.05) is 13.1 Å². The van der Waals surface area contributed by atoms with Crippen LogP contribution in [0, 0.1) is 5.82 Å². The average Bonchev–Trinajstić information content (AvgIpc) is 3.09. The van der Waals surface area contributed by atoms with Crippen molar-refractivity contribution in [2.24, 2.45) is 5.73 Å². The molecule has 0 aromatic heterocycles. The van der Waals surface area contributed by atoms with E-state index in [-0.39, 0.29) is 17.4 Å². The number of phenolic OH excluding ortho intramolecular Hbond substituents is 1. The van der Waals surface area contributed by atoms with Gasteiger partial charge < -0.3 is 15.7 Å². The van der Waals surface area contributed by atoms with Gasteiger partial charge in [0.25, 0.3) is 5.91 Å². The van der Waals surface area contributed by atoms with Crippen LogP contribution in [0.3, 0.4) is 0 Å². The highest BCUT2D eigenvalue weighted by Gasteiger charge is 2.34. The molecule has 0 aliphatic heterocycles. The standard InChI is InChI=1S/C12H15FN2O2/c13-9-2-1-3-10(16)11(9)12(17)15(7-6-14)8-4-5-8/h1-3,8,16H,4-7,14H2. The summed E-state index contributed by atoms with van der Waals surface area (Å²) in [6, 6.07) is 3.99. The van der Waals surface area contributed by atoms with Crippen LogP contribution in [0.2, 0.25) is 0 Å². The number of halogens is 1. The van der Waals surface area contributed by atoms with Gasteiger partial charge in [0.2, 0.25) is 0 Å². The molecule has 0 saturated heterocycles. The van der Waals surface area contributed by atoms with Crippen LogP contribution < -0.4 is 5.73 Å². The molecule has 1 saturated carbocycles. The van der Waals surface area contributed by atoms with Crippen molar-refractivity contribution in [3.05, 3.63) is 29.6 Å². The lowest BCUT2D eigenvalue weighted by Gasteiger charge is -2.22. The number of nitrogens with zero attached hydrogens (tertiary/aromatic N) is 1. The molecule has 0 atom stereocenters. The molecule has 0 heterocycles. The van der Waals surface area contributed by atoms with E-state index >= 15 is 0 Å². The van der Waals surface area contributed by atoms with E-state index in [1.165, 1.54) is 23.1 Å². The zero-order valence-corrected chi connectivity index (χ0v) is 9.40. The highest BCUT2D eigenvalue weighted by molar-refractivity contribution is 5.97. The maximum absolute atomic E-state index is 13.5. The van der Waals surface area contributed by atoms with Gasteiger partial charge in [-0.3, -0.25) is 4.79 Å². The Kier molecular flexibility index (Phi) is 3.28. The number of carbonyl (C=O) groups excluding carboxylic acids is 1. The van der Waals surface area contributed by atoms with Crippen LogP contribution in [-0.2, 0) is 0 Å². The van der Waals surface area contributed by atoms with Gasteiger partial charge in [0.15, 0.2) is 0 Å². The van der Waals surface area contributed by atoms with E-state index in [0.29, 0.717) is 13.1 Å². The SMILES string of the molecule is NCCN(C(=O)c1c(O)cccc1F)C1CC1. The van der Waals surface area contributed by atoms with Gasteiger partial charge in [0, 0.05) is 19.1 Å². The Bertz CT molecular complexity index is 412. The summed E-state index contributed by atoms with van der Waals surface area (Å²) in [5.41, 5.74) is 5.18. The Morgan fingerprint density at radius 3 is 2.76 bits per heavy atom. The summed E-state index contributed by atoms with van der Waals surface area (Å²) in [5, 5.41) is 9.56. The number of rotatable bonds is 4. The van der Waals surface area contributed by atoms with Crippen molar-refractivity contribution in [3.8, 4) is 5.75 Å². The molecule has 0 radical (unpaired) electrons. The van der Waals surface area contributed by atoms with E-state index in [9.17, 15) is 14.3 Å². The van der Waals surface area contributed by atoms with E-state index < -0.39 is 11.7 Å². The molecule has 1 aliphatic carbocycles. The van der Waals surface area contributed by atoms with Crippen LogP contribution in [0.4, 0.5) is 4.39 Å². The first-order chi connectivity index (χ1) is 8.15. The fourth-order valence-electron chi connectivity index (χ4n) is 1.84. The Labute approximate surface area is 98.8 Å². The number of hydrogen-bond acceptors (Lipinski definition) is 3. The summed E-state index contributed by atoms with van der Waals surface area (Å²) < 4.78 is 13.5. The predicted octanol–water partition coefficient (Wildman–Crippen LogP) is 1.09. The minimum atomic E-state index is -0.697. The zero-order chi connectivity index (χ0) is 12.4. The maximum atomic E-state index is 13.5. The van der Waals surface area contributed by atoms with Gasteiger partial charge in [-0.25, -0.2) is 4.39 Å². The number of nitrogens with two attached hydrogens (primary N) is 1. The number of amides is 1. The molecule has 5 heteroatoms. The van der Waals surface area contributed by atoms with Crippen molar-refractivity contribution in [1.29, 1.82) is 0 Å². The third kappa shape index (κ3) is 2.39. The molecular weight excluding hydrogens is 223 g/mol. The number of benzene rings is 1. The fourth-order valence-corrected chi connectivity index (χ4v) is 1.84. The van der Waals surface area contributed by atoms with Crippen molar-refractivity contribution < 1.29 is 14.3 Å². The minimum absolute atomic E-state index is 0.144. The average molecular weight is 238 g/mol. The molecule has 1 aliphatic rings. The lowest BCUT2D eigenvalue weighted by Crippen LogP contribution is -2.37. The molecule has 0 bridgehead atoms. The Balaban J connectivity index is 2.28. The highest BCUT2D eigenvalue weighted by Crippen LogP contribution is 2.30. The van der Waals surface area contributed by atoms with Gasteiger partial charge in [-0.1, -0.05) is 6.07 Å². The molecule has 0 spiro atoms. The lowest BCUT2D eigenvalue weighted by molar-refractivity contribution is 0.0740. The minimum Gasteiger partial charge on any atom is -0.507 e. The van der Waals surface area contributed by atoms with Crippen LogP contribution in [-0.4, -0.2) is 35.0 Å². The van der Waals surface area contributed by atoms with Crippen LogP contribution >= 0.6 is 0 Å². The summed E-state index contributed by atoms with van der Waals surface area (Å²) in [6.07, 6.45) is 1.84. The number of carbonyl (C=O) groups is 1. The molecule has 17 heavy (non-hydrogen) atoms. The van der Waals surface area contributed by atoms with Crippen LogP contribution in [0.5, 0.6) is 5.75 Å². The number of hydrogen-bond donors (Lipinski definition) is 2. The van der Waals surface area contributed by atoms with E-state index in [2.05, 4.69) is 0 Å². The largest absolute Gasteiger partial charge is 0.507 e. The fraction of sp³-hybridized carbons (Fsp3) is 0.417. The summed E-state index contributed by atoms with van der Waals surface area (Å²) in [6.45, 7) is 0.717. The topological polar surface area (TPSA) is 66.6 Å². The van der Waals surface area contributed by atoms with Gasteiger partial charge in [0.05, 0.1) is 0 Å². The number of phenols is 1. The first-order valence-corrected chi connectivity index (χ1v) is 5.63. The second-order valence-electron chi connectivity index (χ2n) is 4.15. The highest BCUT2D eigenvalue weighted by atomic mass is 19.1. The van der Waals surface area contributed by atoms with Crippen LogP contribution in [0.25, 0.3) is 0 Å². The molecular formula is C12H15FN2O2. The van der Waals surface area contributed by atoms with E-state index in [1.54, 1.807) is 0 Å². The third-order valence-corrected chi connectivity index (χ3v) is 2.82. The summed E-state index contributed by atoms with van der Waals surface area (Å²) in [7, 11) is 0. The summed E-state index contributed by atoms with van der Waals surface area (Å²) in [5.74, 6) is -1.50. The molecule has 2 rings (SSSR count). The first kappa shape index (κ1) is 11.9. The van der Waals surface area contributed by atoms with Gasteiger partial charge in [-0.05, 0) is 25.0 Å². The summed E-state index contributed by atoms with van der Waals surface area (Å²) in [4.78, 5) is 13.7. The van der Waals surface area contributed by atoms with E-state index in [0.717, 1.165) is 12.8 Å².